The van der Waals surface area contributed by atoms with Crippen LogP contribution in [0.1, 0.15) is 18.1 Å². The van der Waals surface area contributed by atoms with E-state index in [0.717, 1.165) is 17.0 Å². The molecule has 0 bridgehead atoms. The van der Waals surface area contributed by atoms with E-state index in [2.05, 4.69) is 22.4 Å². The fourth-order valence-electron chi connectivity index (χ4n) is 2.51. The Morgan fingerprint density at radius 3 is 2.68 bits per heavy atom. The smallest absolute Gasteiger partial charge is 0.233 e. The van der Waals surface area contributed by atoms with Gasteiger partial charge in [0.25, 0.3) is 0 Å². The van der Waals surface area contributed by atoms with Gasteiger partial charge in [-0.05, 0) is 24.1 Å². The van der Waals surface area contributed by atoms with Gasteiger partial charge in [-0.2, -0.15) is 0 Å². The van der Waals surface area contributed by atoms with Crippen molar-refractivity contribution >= 4 is 17.7 Å². The van der Waals surface area contributed by atoms with Gasteiger partial charge in [-0.3, -0.25) is 4.79 Å². The molecule has 3 aromatic rings. The Kier molecular flexibility index (Phi) is 5.90. The molecule has 0 unspecified atom stereocenters. The first-order chi connectivity index (χ1) is 12.2. The molecule has 0 saturated heterocycles. The number of imidazole rings is 1. The summed E-state index contributed by atoms with van der Waals surface area (Å²) in [5, 5.41) is 2.95. The Morgan fingerprint density at radius 1 is 1.16 bits per heavy atom. The SMILES string of the molecule is C[C@@H](SCc1ccccc1)C(=O)NCc1ccccc1-n1ccnc1. The summed E-state index contributed by atoms with van der Waals surface area (Å²) in [4.78, 5) is 16.5. The summed E-state index contributed by atoms with van der Waals surface area (Å²) in [7, 11) is 0. The van der Waals surface area contributed by atoms with Crippen molar-refractivity contribution in [3.63, 3.8) is 0 Å². The lowest BCUT2D eigenvalue weighted by molar-refractivity contribution is -0.120. The fraction of sp³-hybridized carbons (Fsp3) is 0.200. The second-order valence-corrected chi connectivity index (χ2v) is 7.08. The molecule has 1 N–H and O–H groups in total. The van der Waals surface area contributed by atoms with Crippen molar-refractivity contribution in [3.8, 4) is 5.69 Å². The number of hydrogen-bond acceptors (Lipinski definition) is 3. The number of carbonyl (C=O) groups excluding carboxylic acids is 1. The summed E-state index contributed by atoms with van der Waals surface area (Å²) in [6, 6.07) is 18.2. The van der Waals surface area contributed by atoms with Crippen LogP contribution < -0.4 is 5.32 Å². The lowest BCUT2D eigenvalue weighted by Crippen LogP contribution is -2.30. The highest BCUT2D eigenvalue weighted by Gasteiger charge is 2.14. The maximum atomic E-state index is 12.4. The second-order valence-electron chi connectivity index (χ2n) is 5.76. The molecule has 0 radical (unpaired) electrons. The number of benzene rings is 2. The molecule has 4 nitrogen and oxygen atoms in total. The number of para-hydroxylation sites is 1. The standard InChI is InChI=1S/C20H21N3OS/c1-16(25-14-17-7-3-2-4-8-17)20(24)22-13-18-9-5-6-10-19(18)23-12-11-21-15-23/h2-12,15-16H,13-14H2,1H3,(H,22,24)/t16-/m1/s1. The van der Waals surface area contributed by atoms with Gasteiger partial charge >= 0.3 is 0 Å². The quantitative estimate of drug-likeness (QED) is 0.704. The number of nitrogens with zero attached hydrogens (tertiary/aromatic N) is 2. The predicted octanol–water partition coefficient (Wildman–Crippen LogP) is 3.81. The van der Waals surface area contributed by atoms with E-state index < -0.39 is 0 Å². The third-order valence-electron chi connectivity index (χ3n) is 3.94. The minimum absolute atomic E-state index is 0.0568. The summed E-state index contributed by atoms with van der Waals surface area (Å²) >= 11 is 1.65. The Labute approximate surface area is 152 Å². The topological polar surface area (TPSA) is 46.9 Å². The van der Waals surface area contributed by atoms with Crippen LogP contribution in [0.25, 0.3) is 5.69 Å². The van der Waals surface area contributed by atoms with Crippen LogP contribution in [-0.2, 0) is 17.1 Å². The van der Waals surface area contributed by atoms with Crippen molar-refractivity contribution in [2.75, 3.05) is 0 Å². The zero-order chi connectivity index (χ0) is 17.5. The second kappa shape index (κ2) is 8.53. The first-order valence-corrected chi connectivity index (χ1v) is 9.28. The van der Waals surface area contributed by atoms with Gasteiger partial charge in [0.15, 0.2) is 0 Å². The van der Waals surface area contributed by atoms with Gasteiger partial charge in [0.1, 0.15) is 0 Å². The van der Waals surface area contributed by atoms with Crippen LogP contribution in [-0.4, -0.2) is 20.7 Å². The Morgan fingerprint density at radius 2 is 1.92 bits per heavy atom. The molecule has 2 aromatic carbocycles. The van der Waals surface area contributed by atoms with Crippen molar-refractivity contribution < 1.29 is 4.79 Å². The van der Waals surface area contributed by atoms with Crippen LogP contribution in [0.5, 0.6) is 0 Å². The lowest BCUT2D eigenvalue weighted by atomic mass is 10.1. The molecule has 128 valence electrons. The third kappa shape index (κ3) is 4.73. The number of hydrogen-bond donors (Lipinski definition) is 1. The van der Waals surface area contributed by atoms with Crippen molar-refractivity contribution in [2.45, 2.75) is 24.5 Å². The molecule has 25 heavy (non-hydrogen) atoms. The van der Waals surface area contributed by atoms with E-state index in [9.17, 15) is 4.79 Å². The average molecular weight is 351 g/mol. The van der Waals surface area contributed by atoms with E-state index in [-0.39, 0.29) is 11.2 Å². The molecule has 0 fully saturated rings. The van der Waals surface area contributed by atoms with Crippen LogP contribution in [0.4, 0.5) is 0 Å². The van der Waals surface area contributed by atoms with E-state index in [1.807, 2.05) is 60.2 Å². The third-order valence-corrected chi connectivity index (χ3v) is 5.15. The first kappa shape index (κ1) is 17.3. The van der Waals surface area contributed by atoms with Crippen molar-refractivity contribution in [3.05, 3.63) is 84.4 Å². The van der Waals surface area contributed by atoms with E-state index in [1.165, 1.54) is 5.56 Å². The van der Waals surface area contributed by atoms with E-state index in [4.69, 9.17) is 0 Å². The van der Waals surface area contributed by atoms with Gasteiger partial charge in [0, 0.05) is 24.7 Å². The fourth-order valence-corrected chi connectivity index (χ4v) is 3.38. The number of aromatic nitrogens is 2. The monoisotopic (exact) mass is 351 g/mol. The molecule has 0 saturated carbocycles. The van der Waals surface area contributed by atoms with Crippen LogP contribution in [0, 0.1) is 0 Å². The normalized spacial score (nSPS) is 11.9. The van der Waals surface area contributed by atoms with Crippen molar-refractivity contribution in [2.24, 2.45) is 0 Å². The number of amides is 1. The maximum absolute atomic E-state index is 12.4. The van der Waals surface area contributed by atoms with Crippen molar-refractivity contribution in [1.29, 1.82) is 0 Å². The molecule has 3 rings (SSSR count). The highest BCUT2D eigenvalue weighted by molar-refractivity contribution is 7.99. The molecule has 1 heterocycles. The summed E-state index contributed by atoms with van der Waals surface area (Å²) in [5.41, 5.74) is 3.33. The predicted molar refractivity (Wildman–Crippen MR) is 103 cm³/mol. The number of thioether (sulfide) groups is 1. The van der Waals surface area contributed by atoms with Gasteiger partial charge in [-0.1, -0.05) is 48.5 Å². The van der Waals surface area contributed by atoms with Crippen LogP contribution in [0.15, 0.2) is 73.3 Å². The zero-order valence-electron chi connectivity index (χ0n) is 14.1. The van der Waals surface area contributed by atoms with Crippen LogP contribution in [0.2, 0.25) is 0 Å². The molecule has 0 aliphatic rings. The van der Waals surface area contributed by atoms with E-state index in [1.54, 1.807) is 24.3 Å². The van der Waals surface area contributed by atoms with Gasteiger partial charge in [-0.25, -0.2) is 4.98 Å². The first-order valence-electron chi connectivity index (χ1n) is 8.23. The van der Waals surface area contributed by atoms with Crippen molar-refractivity contribution in [1.82, 2.24) is 14.9 Å². The van der Waals surface area contributed by atoms with Crippen LogP contribution >= 0.6 is 11.8 Å². The number of carbonyl (C=O) groups is 1. The van der Waals surface area contributed by atoms with Crippen LogP contribution in [0.3, 0.4) is 0 Å². The summed E-state index contributed by atoms with van der Waals surface area (Å²) in [6.07, 6.45) is 5.41. The molecule has 0 aliphatic carbocycles. The molecule has 5 heteroatoms. The highest BCUT2D eigenvalue weighted by Crippen LogP contribution is 2.18. The average Bonchev–Trinajstić information content (AvgIpc) is 3.20. The Balaban J connectivity index is 1.56. The number of nitrogens with one attached hydrogen (secondary N) is 1. The minimum atomic E-state index is -0.0967. The Hall–Kier alpha value is -2.53. The molecule has 0 aliphatic heterocycles. The zero-order valence-corrected chi connectivity index (χ0v) is 14.9. The molecular weight excluding hydrogens is 330 g/mol. The maximum Gasteiger partial charge on any atom is 0.233 e. The van der Waals surface area contributed by atoms with E-state index in [0.29, 0.717) is 6.54 Å². The van der Waals surface area contributed by atoms with E-state index >= 15 is 0 Å². The summed E-state index contributed by atoms with van der Waals surface area (Å²) < 4.78 is 1.95. The highest BCUT2D eigenvalue weighted by atomic mass is 32.2. The van der Waals surface area contributed by atoms with Gasteiger partial charge in [0.05, 0.1) is 17.3 Å². The Bertz CT molecular complexity index is 803. The molecule has 1 atom stereocenters. The molecule has 1 amide bonds. The molecule has 0 spiro atoms. The molecule has 1 aromatic heterocycles. The summed E-state index contributed by atoms with van der Waals surface area (Å²) in [5.74, 6) is 0.891. The van der Waals surface area contributed by atoms with Gasteiger partial charge < -0.3 is 9.88 Å². The largest absolute Gasteiger partial charge is 0.351 e. The lowest BCUT2D eigenvalue weighted by Gasteiger charge is -2.14. The van der Waals surface area contributed by atoms with Gasteiger partial charge in [0.2, 0.25) is 5.91 Å². The van der Waals surface area contributed by atoms with Gasteiger partial charge in [-0.15, -0.1) is 11.8 Å². The summed E-state index contributed by atoms with van der Waals surface area (Å²) in [6.45, 7) is 2.45. The minimum Gasteiger partial charge on any atom is -0.351 e. The molecular formula is C20H21N3OS. The number of rotatable bonds is 7.